The summed E-state index contributed by atoms with van der Waals surface area (Å²) < 4.78 is 0. The number of piperidine rings is 1. The van der Waals surface area contributed by atoms with Crippen LogP contribution in [0.5, 0.6) is 0 Å². The van der Waals surface area contributed by atoms with Crippen molar-refractivity contribution in [3.63, 3.8) is 0 Å². The minimum Gasteiger partial charge on any atom is -0.334 e. The maximum Gasteiger partial charge on any atom is 0.240 e. The highest BCUT2D eigenvalue weighted by Crippen LogP contribution is 2.33. The van der Waals surface area contributed by atoms with E-state index in [1.807, 2.05) is 6.07 Å². The summed E-state index contributed by atoms with van der Waals surface area (Å²) in [4.78, 5) is 17.2. The molecule has 2 aliphatic rings. The molecule has 0 aliphatic carbocycles. The summed E-state index contributed by atoms with van der Waals surface area (Å²) >= 11 is 0. The highest BCUT2D eigenvalue weighted by molar-refractivity contribution is 5.82. The normalized spacial score (nSPS) is 27.8. The molecule has 0 unspecified atom stereocenters. The van der Waals surface area contributed by atoms with Crippen molar-refractivity contribution < 1.29 is 4.79 Å². The summed E-state index contributed by atoms with van der Waals surface area (Å²) in [6.07, 6.45) is 5.66. The molecule has 0 saturated carbocycles. The van der Waals surface area contributed by atoms with Crippen molar-refractivity contribution in [2.75, 3.05) is 20.1 Å². The van der Waals surface area contributed by atoms with Crippen LogP contribution < -0.4 is 0 Å². The number of carbonyl (C=O) groups is 1. The highest BCUT2D eigenvalue weighted by Gasteiger charge is 2.36. The predicted octanol–water partition coefficient (Wildman–Crippen LogP) is 2.83. The van der Waals surface area contributed by atoms with Crippen molar-refractivity contribution in [2.24, 2.45) is 0 Å². The van der Waals surface area contributed by atoms with E-state index in [1.165, 1.54) is 18.4 Å². The third-order valence-electron chi connectivity index (χ3n) is 4.78. The molecule has 0 N–H and O–H groups in total. The van der Waals surface area contributed by atoms with E-state index < -0.39 is 0 Å². The lowest BCUT2D eigenvalue weighted by Crippen LogP contribution is -2.49. The zero-order valence-corrected chi connectivity index (χ0v) is 12.3. The van der Waals surface area contributed by atoms with Crippen LogP contribution in [0.4, 0.5) is 0 Å². The van der Waals surface area contributed by atoms with Crippen LogP contribution in [-0.2, 0) is 4.79 Å². The van der Waals surface area contributed by atoms with Crippen LogP contribution in [0.3, 0.4) is 0 Å². The lowest BCUT2D eigenvalue weighted by atomic mass is 10.00. The first-order valence-corrected chi connectivity index (χ1v) is 7.83. The first kappa shape index (κ1) is 13.6. The Morgan fingerprint density at radius 1 is 1.05 bits per heavy atom. The Balaban J connectivity index is 1.76. The molecular formula is C17H24N2O. The van der Waals surface area contributed by atoms with Gasteiger partial charge in [-0.3, -0.25) is 9.69 Å². The second kappa shape index (κ2) is 5.96. The molecule has 3 heteroatoms. The Morgan fingerprint density at radius 3 is 2.60 bits per heavy atom. The van der Waals surface area contributed by atoms with Gasteiger partial charge in [-0.1, -0.05) is 36.8 Å². The van der Waals surface area contributed by atoms with E-state index >= 15 is 0 Å². The fraction of sp³-hybridized carbons (Fsp3) is 0.588. The maximum absolute atomic E-state index is 12.9. The van der Waals surface area contributed by atoms with Gasteiger partial charge in [-0.2, -0.15) is 0 Å². The van der Waals surface area contributed by atoms with Gasteiger partial charge in [0.1, 0.15) is 0 Å². The third kappa shape index (κ3) is 2.59. The zero-order valence-electron chi connectivity index (χ0n) is 12.3. The van der Waals surface area contributed by atoms with Crippen molar-refractivity contribution in [3.05, 3.63) is 35.9 Å². The molecule has 1 aromatic carbocycles. The Labute approximate surface area is 121 Å². The lowest BCUT2D eigenvalue weighted by molar-refractivity contribution is -0.138. The first-order chi connectivity index (χ1) is 9.77. The second-order valence-electron chi connectivity index (χ2n) is 6.09. The molecule has 0 bridgehead atoms. The van der Waals surface area contributed by atoms with Crippen molar-refractivity contribution in [3.8, 4) is 0 Å². The van der Waals surface area contributed by atoms with Gasteiger partial charge in [0.25, 0.3) is 0 Å². The SMILES string of the molecule is CN1CCCC[C@@H]1C(=O)N1CCC[C@H]1c1ccccc1. The summed E-state index contributed by atoms with van der Waals surface area (Å²) in [6.45, 7) is 1.98. The van der Waals surface area contributed by atoms with Gasteiger partial charge >= 0.3 is 0 Å². The smallest absolute Gasteiger partial charge is 0.240 e. The number of hydrogen-bond donors (Lipinski definition) is 0. The fourth-order valence-corrected chi connectivity index (χ4v) is 3.63. The summed E-state index contributed by atoms with van der Waals surface area (Å²) in [5, 5.41) is 0. The molecule has 3 nitrogen and oxygen atoms in total. The van der Waals surface area contributed by atoms with Gasteiger partial charge in [0, 0.05) is 6.54 Å². The molecule has 2 fully saturated rings. The molecule has 2 heterocycles. The van der Waals surface area contributed by atoms with E-state index in [4.69, 9.17) is 0 Å². The van der Waals surface area contributed by atoms with Crippen LogP contribution in [-0.4, -0.2) is 41.9 Å². The molecule has 0 spiro atoms. The number of nitrogens with zero attached hydrogens (tertiary/aromatic N) is 2. The molecule has 2 aliphatic heterocycles. The van der Waals surface area contributed by atoms with Crippen LogP contribution in [0.15, 0.2) is 30.3 Å². The summed E-state index contributed by atoms with van der Waals surface area (Å²) in [5.74, 6) is 0.346. The van der Waals surface area contributed by atoms with Crippen molar-refractivity contribution in [1.82, 2.24) is 9.80 Å². The molecule has 0 aromatic heterocycles. The number of benzene rings is 1. The van der Waals surface area contributed by atoms with Crippen molar-refractivity contribution >= 4 is 5.91 Å². The number of amides is 1. The number of hydrogen-bond acceptors (Lipinski definition) is 2. The summed E-state index contributed by atoms with van der Waals surface area (Å²) in [7, 11) is 2.09. The Kier molecular flexibility index (Phi) is 4.06. The molecule has 20 heavy (non-hydrogen) atoms. The van der Waals surface area contributed by atoms with Crippen molar-refractivity contribution in [1.29, 1.82) is 0 Å². The maximum atomic E-state index is 12.9. The minimum atomic E-state index is 0.105. The number of rotatable bonds is 2. The van der Waals surface area contributed by atoms with Gasteiger partial charge in [0.05, 0.1) is 12.1 Å². The lowest BCUT2D eigenvalue weighted by Gasteiger charge is -2.36. The largest absolute Gasteiger partial charge is 0.334 e. The Hall–Kier alpha value is -1.35. The van der Waals surface area contributed by atoms with E-state index in [0.29, 0.717) is 11.9 Å². The fourth-order valence-electron chi connectivity index (χ4n) is 3.63. The molecule has 0 radical (unpaired) electrons. The monoisotopic (exact) mass is 272 g/mol. The van der Waals surface area contributed by atoms with E-state index in [-0.39, 0.29) is 6.04 Å². The highest BCUT2D eigenvalue weighted by atomic mass is 16.2. The van der Waals surface area contributed by atoms with E-state index in [0.717, 1.165) is 32.4 Å². The van der Waals surface area contributed by atoms with Crippen LogP contribution >= 0.6 is 0 Å². The molecule has 2 saturated heterocycles. The second-order valence-corrected chi connectivity index (χ2v) is 6.09. The van der Waals surface area contributed by atoms with E-state index in [1.54, 1.807) is 0 Å². The average Bonchev–Trinajstić information content (AvgIpc) is 2.97. The van der Waals surface area contributed by atoms with Crippen LogP contribution in [0.2, 0.25) is 0 Å². The third-order valence-corrected chi connectivity index (χ3v) is 4.78. The molecule has 1 amide bonds. The predicted molar refractivity (Wildman–Crippen MR) is 80.4 cm³/mol. The topological polar surface area (TPSA) is 23.6 Å². The molecular weight excluding hydrogens is 248 g/mol. The van der Waals surface area contributed by atoms with Gasteiger partial charge < -0.3 is 4.90 Å². The standard InChI is InChI=1S/C17H24N2O/c1-18-12-6-5-10-16(18)17(20)19-13-7-11-15(19)14-8-3-2-4-9-14/h2-4,8-9,15-16H,5-7,10-13H2,1H3/t15-,16+/m0/s1. The van der Waals surface area contributed by atoms with Gasteiger partial charge in [0.15, 0.2) is 0 Å². The zero-order chi connectivity index (χ0) is 13.9. The van der Waals surface area contributed by atoms with Gasteiger partial charge in [-0.15, -0.1) is 0 Å². The Bertz CT molecular complexity index is 459. The number of carbonyl (C=O) groups excluding carboxylic acids is 1. The molecule has 1 aromatic rings. The van der Waals surface area contributed by atoms with Crippen LogP contribution in [0, 0.1) is 0 Å². The Morgan fingerprint density at radius 2 is 1.85 bits per heavy atom. The number of likely N-dealkylation sites (N-methyl/N-ethyl adjacent to an activating group) is 1. The van der Waals surface area contributed by atoms with Gasteiger partial charge in [0.2, 0.25) is 5.91 Å². The van der Waals surface area contributed by atoms with Crippen molar-refractivity contribution in [2.45, 2.75) is 44.2 Å². The summed E-state index contributed by atoms with van der Waals surface area (Å²) in [5.41, 5.74) is 1.29. The quantitative estimate of drug-likeness (QED) is 0.826. The van der Waals surface area contributed by atoms with Crippen LogP contribution in [0.1, 0.15) is 43.7 Å². The molecule has 108 valence electrons. The summed E-state index contributed by atoms with van der Waals surface area (Å²) in [6, 6.07) is 10.9. The van der Waals surface area contributed by atoms with E-state index in [9.17, 15) is 4.79 Å². The van der Waals surface area contributed by atoms with Gasteiger partial charge in [-0.05, 0) is 44.8 Å². The van der Waals surface area contributed by atoms with Crippen LogP contribution in [0.25, 0.3) is 0 Å². The average molecular weight is 272 g/mol. The molecule has 2 atom stereocenters. The van der Waals surface area contributed by atoms with Gasteiger partial charge in [-0.25, -0.2) is 0 Å². The van der Waals surface area contributed by atoms with E-state index in [2.05, 4.69) is 41.1 Å². The minimum absolute atomic E-state index is 0.105. The molecule has 3 rings (SSSR count). The first-order valence-electron chi connectivity index (χ1n) is 7.83. The number of likely N-dealkylation sites (tertiary alicyclic amines) is 2.